The number of nitrogens with zero attached hydrogens (tertiary/aromatic N) is 2. The predicted octanol–water partition coefficient (Wildman–Crippen LogP) is 5.01. The van der Waals surface area contributed by atoms with Crippen molar-refractivity contribution in [2.75, 3.05) is 0 Å². The molecule has 0 saturated carbocycles. The van der Waals surface area contributed by atoms with Crippen LogP contribution in [0.15, 0.2) is 60.0 Å². The summed E-state index contributed by atoms with van der Waals surface area (Å²) in [6.45, 7) is 0. The Morgan fingerprint density at radius 2 is 1.82 bits per heavy atom. The van der Waals surface area contributed by atoms with Crippen LogP contribution in [0.2, 0.25) is 0 Å². The molecule has 0 saturated heterocycles. The summed E-state index contributed by atoms with van der Waals surface area (Å²) in [4.78, 5) is 4.48. The van der Waals surface area contributed by atoms with Crippen LogP contribution in [0, 0.1) is 17.1 Å². The zero-order chi connectivity index (χ0) is 15.4. The lowest BCUT2D eigenvalue weighted by Gasteiger charge is -1.97. The Morgan fingerprint density at radius 3 is 2.55 bits per heavy atom. The molecule has 0 unspecified atom stereocenters. The van der Waals surface area contributed by atoms with Gasteiger partial charge in [0.2, 0.25) is 0 Å². The van der Waals surface area contributed by atoms with Crippen molar-refractivity contribution in [3.8, 4) is 17.3 Å². The Kier molecular flexibility index (Phi) is 4.08. The number of thiazole rings is 1. The normalized spacial score (nSPS) is 11.2. The zero-order valence-corrected chi connectivity index (χ0v) is 12.3. The first-order valence-corrected chi connectivity index (χ1v) is 7.53. The summed E-state index contributed by atoms with van der Waals surface area (Å²) >= 11 is 1.38. The van der Waals surface area contributed by atoms with Crippen LogP contribution in [-0.4, -0.2) is 4.98 Å². The van der Waals surface area contributed by atoms with Gasteiger partial charge in [-0.1, -0.05) is 48.5 Å². The van der Waals surface area contributed by atoms with Crippen molar-refractivity contribution < 1.29 is 4.39 Å². The number of rotatable bonds is 3. The smallest absolute Gasteiger partial charge is 0.134 e. The zero-order valence-electron chi connectivity index (χ0n) is 11.5. The molecule has 0 bridgehead atoms. The molecule has 0 radical (unpaired) electrons. The molecule has 0 aliphatic heterocycles. The fraction of sp³-hybridized carbons (Fsp3) is 0. The molecule has 0 spiro atoms. The molecule has 0 aliphatic rings. The molecule has 0 amide bonds. The van der Waals surface area contributed by atoms with E-state index in [9.17, 15) is 9.65 Å². The van der Waals surface area contributed by atoms with Gasteiger partial charge in [-0.05, 0) is 12.1 Å². The SMILES string of the molecule is N#C/C(=C/c1ccccc1F)c1nc(-c2ccccc2)cs1. The highest BCUT2D eigenvalue weighted by atomic mass is 32.1. The predicted molar refractivity (Wildman–Crippen MR) is 87.4 cm³/mol. The summed E-state index contributed by atoms with van der Waals surface area (Å²) in [5.74, 6) is -0.352. The molecule has 106 valence electrons. The van der Waals surface area contributed by atoms with Crippen LogP contribution in [0.5, 0.6) is 0 Å². The van der Waals surface area contributed by atoms with E-state index >= 15 is 0 Å². The minimum Gasteiger partial charge on any atom is -0.235 e. The van der Waals surface area contributed by atoms with E-state index in [2.05, 4.69) is 11.1 Å². The van der Waals surface area contributed by atoms with E-state index in [1.165, 1.54) is 23.5 Å². The van der Waals surface area contributed by atoms with Gasteiger partial charge >= 0.3 is 0 Å². The molecule has 0 aliphatic carbocycles. The highest BCUT2D eigenvalue weighted by molar-refractivity contribution is 7.11. The maximum Gasteiger partial charge on any atom is 0.134 e. The summed E-state index contributed by atoms with van der Waals surface area (Å²) in [7, 11) is 0. The summed E-state index contributed by atoms with van der Waals surface area (Å²) in [6, 6.07) is 18.2. The van der Waals surface area contributed by atoms with Crippen molar-refractivity contribution in [2.24, 2.45) is 0 Å². The second-order valence-corrected chi connectivity index (χ2v) is 5.45. The fourth-order valence-electron chi connectivity index (χ4n) is 2.03. The monoisotopic (exact) mass is 306 g/mol. The Bertz CT molecular complexity index is 860. The van der Waals surface area contributed by atoms with Crippen LogP contribution in [0.1, 0.15) is 10.6 Å². The third-order valence-electron chi connectivity index (χ3n) is 3.13. The van der Waals surface area contributed by atoms with Crippen LogP contribution in [0.25, 0.3) is 22.9 Å². The Hall–Kier alpha value is -2.77. The van der Waals surface area contributed by atoms with Crippen LogP contribution in [0.3, 0.4) is 0 Å². The first kappa shape index (κ1) is 14.2. The molecule has 3 aromatic rings. The summed E-state index contributed by atoms with van der Waals surface area (Å²) < 4.78 is 13.7. The number of hydrogen-bond donors (Lipinski definition) is 0. The van der Waals surface area contributed by atoms with Gasteiger partial charge in [0, 0.05) is 16.5 Å². The average molecular weight is 306 g/mol. The fourth-order valence-corrected chi connectivity index (χ4v) is 2.82. The third-order valence-corrected chi connectivity index (χ3v) is 4.01. The maximum absolute atomic E-state index is 13.7. The molecule has 0 fully saturated rings. The second kappa shape index (κ2) is 6.33. The van der Waals surface area contributed by atoms with Crippen LogP contribution >= 0.6 is 11.3 Å². The van der Waals surface area contributed by atoms with Crippen molar-refractivity contribution >= 4 is 23.0 Å². The molecule has 0 N–H and O–H groups in total. The first-order chi connectivity index (χ1) is 10.8. The number of nitriles is 1. The van der Waals surface area contributed by atoms with Gasteiger partial charge in [0.25, 0.3) is 0 Å². The minimum atomic E-state index is -0.352. The standard InChI is InChI=1S/C18H11FN2S/c19-16-9-5-4-8-14(16)10-15(11-20)18-21-17(12-22-18)13-6-2-1-3-7-13/h1-10,12H/b15-10-. The van der Waals surface area contributed by atoms with Gasteiger partial charge in [0.1, 0.15) is 16.9 Å². The summed E-state index contributed by atoms with van der Waals surface area (Å²) in [6.07, 6.45) is 1.53. The molecular weight excluding hydrogens is 295 g/mol. The van der Waals surface area contributed by atoms with Gasteiger partial charge in [-0.25, -0.2) is 9.37 Å². The molecule has 4 heteroatoms. The largest absolute Gasteiger partial charge is 0.235 e. The van der Waals surface area contributed by atoms with Crippen molar-refractivity contribution in [3.63, 3.8) is 0 Å². The van der Waals surface area contributed by atoms with Gasteiger partial charge in [0.15, 0.2) is 0 Å². The van der Waals surface area contributed by atoms with Crippen molar-refractivity contribution in [1.29, 1.82) is 5.26 Å². The quantitative estimate of drug-likeness (QED) is 0.637. The Morgan fingerprint density at radius 1 is 1.09 bits per heavy atom. The Balaban J connectivity index is 1.98. The van der Waals surface area contributed by atoms with E-state index in [4.69, 9.17) is 0 Å². The van der Waals surface area contributed by atoms with Gasteiger partial charge in [-0.15, -0.1) is 11.3 Å². The molecule has 0 atom stereocenters. The van der Waals surface area contributed by atoms with E-state index in [-0.39, 0.29) is 5.82 Å². The second-order valence-electron chi connectivity index (χ2n) is 4.60. The van der Waals surface area contributed by atoms with E-state index < -0.39 is 0 Å². The third kappa shape index (κ3) is 2.95. The first-order valence-electron chi connectivity index (χ1n) is 6.65. The van der Waals surface area contributed by atoms with Crippen LogP contribution < -0.4 is 0 Å². The van der Waals surface area contributed by atoms with E-state index in [0.29, 0.717) is 16.1 Å². The lowest BCUT2D eigenvalue weighted by atomic mass is 10.1. The average Bonchev–Trinajstić information content (AvgIpc) is 3.05. The topological polar surface area (TPSA) is 36.7 Å². The number of halogens is 1. The van der Waals surface area contributed by atoms with Crippen molar-refractivity contribution in [3.05, 3.63) is 76.4 Å². The van der Waals surface area contributed by atoms with Gasteiger partial charge < -0.3 is 0 Å². The molecule has 22 heavy (non-hydrogen) atoms. The van der Waals surface area contributed by atoms with E-state index in [0.717, 1.165) is 11.3 Å². The molecule has 2 nitrogen and oxygen atoms in total. The number of aromatic nitrogens is 1. The number of hydrogen-bond acceptors (Lipinski definition) is 3. The molecular formula is C18H11FN2S. The van der Waals surface area contributed by atoms with Gasteiger partial charge in [0.05, 0.1) is 11.3 Å². The summed E-state index contributed by atoms with van der Waals surface area (Å²) in [5.41, 5.74) is 2.55. The lowest BCUT2D eigenvalue weighted by Crippen LogP contribution is -1.85. The van der Waals surface area contributed by atoms with E-state index in [1.54, 1.807) is 18.2 Å². The van der Waals surface area contributed by atoms with Crippen molar-refractivity contribution in [2.45, 2.75) is 0 Å². The van der Waals surface area contributed by atoms with Crippen LogP contribution in [0.4, 0.5) is 4.39 Å². The number of allylic oxidation sites excluding steroid dienone is 1. The molecule has 1 heterocycles. The van der Waals surface area contributed by atoms with E-state index in [1.807, 2.05) is 35.7 Å². The van der Waals surface area contributed by atoms with Gasteiger partial charge in [-0.3, -0.25) is 0 Å². The lowest BCUT2D eigenvalue weighted by molar-refractivity contribution is 0.625. The Labute approximate surface area is 131 Å². The maximum atomic E-state index is 13.7. The van der Waals surface area contributed by atoms with Gasteiger partial charge in [-0.2, -0.15) is 5.26 Å². The van der Waals surface area contributed by atoms with Crippen LogP contribution in [-0.2, 0) is 0 Å². The highest BCUT2D eigenvalue weighted by Crippen LogP contribution is 2.27. The molecule has 3 rings (SSSR count). The summed E-state index contributed by atoms with van der Waals surface area (Å²) in [5, 5.41) is 11.8. The number of benzene rings is 2. The van der Waals surface area contributed by atoms with Crippen molar-refractivity contribution in [1.82, 2.24) is 4.98 Å². The molecule has 1 aromatic heterocycles. The molecule has 2 aromatic carbocycles. The highest BCUT2D eigenvalue weighted by Gasteiger charge is 2.09. The minimum absolute atomic E-state index is 0.352.